The third kappa shape index (κ3) is 4.58. The zero-order valence-corrected chi connectivity index (χ0v) is 14.8. The number of rotatable bonds is 5. The average molecular weight is 313 g/mol. The third-order valence-corrected chi connectivity index (χ3v) is 4.13. The Balaban J connectivity index is 1.82. The molecule has 5 heteroatoms. The molecule has 0 saturated carbocycles. The number of aryl methyl sites for hydroxylation is 3. The summed E-state index contributed by atoms with van der Waals surface area (Å²) in [5, 5.41) is 11.2. The number of aliphatic imine (C=N–C) groups is 1. The molecule has 1 heterocycles. The van der Waals surface area contributed by atoms with Crippen LogP contribution in [0.3, 0.4) is 0 Å². The van der Waals surface area contributed by atoms with Crippen LogP contribution in [0.4, 0.5) is 0 Å². The summed E-state index contributed by atoms with van der Waals surface area (Å²) >= 11 is 0. The van der Waals surface area contributed by atoms with Gasteiger partial charge in [0.1, 0.15) is 0 Å². The second-order valence-corrected chi connectivity index (χ2v) is 5.86. The summed E-state index contributed by atoms with van der Waals surface area (Å²) in [7, 11) is 3.78. The summed E-state index contributed by atoms with van der Waals surface area (Å²) in [5.41, 5.74) is 6.17. The number of benzene rings is 1. The molecule has 0 spiro atoms. The molecule has 2 aromatic rings. The van der Waals surface area contributed by atoms with Crippen LogP contribution in [0.5, 0.6) is 0 Å². The maximum Gasteiger partial charge on any atom is 0.191 e. The predicted molar refractivity (Wildman–Crippen MR) is 95.8 cm³/mol. The van der Waals surface area contributed by atoms with Gasteiger partial charge in [0, 0.05) is 32.9 Å². The lowest BCUT2D eigenvalue weighted by Gasteiger charge is -2.12. The van der Waals surface area contributed by atoms with Gasteiger partial charge in [-0.15, -0.1) is 0 Å². The lowest BCUT2D eigenvalue weighted by molar-refractivity contribution is 0.729. The van der Waals surface area contributed by atoms with Crippen molar-refractivity contribution in [3.05, 3.63) is 52.3 Å². The van der Waals surface area contributed by atoms with Crippen molar-refractivity contribution in [2.75, 3.05) is 13.6 Å². The van der Waals surface area contributed by atoms with E-state index < -0.39 is 0 Å². The molecule has 2 N–H and O–H groups in total. The molecule has 1 aromatic heterocycles. The Morgan fingerprint density at radius 3 is 2.39 bits per heavy atom. The molecular formula is C18H27N5. The maximum atomic E-state index is 4.45. The molecule has 0 bridgehead atoms. The number of guanidine groups is 1. The van der Waals surface area contributed by atoms with Crippen LogP contribution < -0.4 is 10.6 Å². The Kier molecular flexibility index (Phi) is 5.79. The van der Waals surface area contributed by atoms with Crippen molar-refractivity contribution >= 4 is 5.96 Å². The minimum absolute atomic E-state index is 0.769. The number of hydrogen-bond donors (Lipinski definition) is 2. The molecular weight excluding hydrogens is 286 g/mol. The van der Waals surface area contributed by atoms with Crippen molar-refractivity contribution in [3.8, 4) is 0 Å². The fraction of sp³-hybridized carbons (Fsp3) is 0.444. The molecule has 124 valence electrons. The van der Waals surface area contributed by atoms with E-state index in [9.17, 15) is 0 Å². The average Bonchev–Trinajstić information content (AvgIpc) is 2.78. The first-order chi connectivity index (χ1) is 11.0. The minimum Gasteiger partial charge on any atom is -0.356 e. The Bertz CT molecular complexity index is 667. The third-order valence-electron chi connectivity index (χ3n) is 4.13. The van der Waals surface area contributed by atoms with Gasteiger partial charge in [0.2, 0.25) is 0 Å². The van der Waals surface area contributed by atoms with Gasteiger partial charge in [-0.1, -0.05) is 29.8 Å². The molecule has 23 heavy (non-hydrogen) atoms. The molecule has 0 fully saturated rings. The Morgan fingerprint density at radius 2 is 1.83 bits per heavy atom. The standard InChI is InChI=1S/C18H27N5/c1-13-6-8-16(9-7-13)12-21-18(19-4)20-11-10-17-14(2)22-23(5)15(17)3/h6-9H,10-12H2,1-5H3,(H2,19,20,21). The van der Waals surface area contributed by atoms with Gasteiger partial charge in [-0.25, -0.2) is 0 Å². The highest BCUT2D eigenvalue weighted by atomic mass is 15.3. The highest BCUT2D eigenvalue weighted by Gasteiger charge is 2.09. The van der Waals surface area contributed by atoms with Crippen molar-refractivity contribution in [2.45, 2.75) is 33.7 Å². The van der Waals surface area contributed by atoms with Crippen LogP contribution in [-0.2, 0) is 20.0 Å². The van der Waals surface area contributed by atoms with Gasteiger partial charge in [-0.3, -0.25) is 9.67 Å². The first-order valence-electron chi connectivity index (χ1n) is 8.00. The quantitative estimate of drug-likeness (QED) is 0.657. The zero-order chi connectivity index (χ0) is 16.8. The molecule has 0 aliphatic heterocycles. The van der Waals surface area contributed by atoms with E-state index in [1.54, 1.807) is 7.05 Å². The van der Waals surface area contributed by atoms with Gasteiger partial charge < -0.3 is 10.6 Å². The first-order valence-corrected chi connectivity index (χ1v) is 8.00. The van der Waals surface area contributed by atoms with Crippen molar-refractivity contribution < 1.29 is 0 Å². The molecule has 5 nitrogen and oxygen atoms in total. The van der Waals surface area contributed by atoms with E-state index in [-0.39, 0.29) is 0 Å². The Morgan fingerprint density at radius 1 is 1.13 bits per heavy atom. The molecule has 0 aliphatic carbocycles. The molecule has 1 aromatic carbocycles. The van der Waals surface area contributed by atoms with Crippen LogP contribution in [0.25, 0.3) is 0 Å². The minimum atomic E-state index is 0.769. The summed E-state index contributed by atoms with van der Waals surface area (Å²) in [6.45, 7) is 7.87. The number of nitrogens with zero attached hydrogens (tertiary/aromatic N) is 3. The van der Waals surface area contributed by atoms with E-state index in [2.05, 4.69) is 65.8 Å². The zero-order valence-electron chi connectivity index (χ0n) is 14.8. The van der Waals surface area contributed by atoms with Gasteiger partial charge in [0.15, 0.2) is 5.96 Å². The molecule has 0 aliphatic rings. The number of nitrogens with one attached hydrogen (secondary N) is 2. The SMILES string of the molecule is CN=C(NCCc1c(C)nn(C)c1C)NCc1ccc(C)cc1. The second-order valence-electron chi connectivity index (χ2n) is 5.86. The summed E-state index contributed by atoms with van der Waals surface area (Å²) in [6, 6.07) is 8.53. The number of hydrogen-bond acceptors (Lipinski definition) is 2. The predicted octanol–water partition coefficient (Wildman–Crippen LogP) is 2.25. The van der Waals surface area contributed by atoms with Gasteiger partial charge in [-0.05, 0) is 38.3 Å². The van der Waals surface area contributed by atoms with Crippen LogP contribution >= 0.6 is 0 Å². The first kappa shape index (κ1) is 17.1. The van der Waals surface area contributed by atoms with Crippen LogP contribution in [0.1, 0.15) is 28.1 Å². The largest absolute Gasteiger partial charge is 0.356 e. The van der Waals surface area contributed by atoms with Gasteiger partial charge in [0.05, 0.1) is 5.69 Å². The molecule has 0 atom stereocenters. The molecule has 0 amide bonds. The fourth-order valence-electron chi connectivity index (χ4n) is 2.60. The lowest BCUT2D eigenvalue weighted by atomic mass is 10.1. The van der Waals surface area contributed by atoms with E-state index in [0.717, 1.165) is 31.2 Å². The van der Waals surface area contributed by atoms with E-state index >= 15 is 0 Å². The molecule has 2 rings (SSSR count). The van der Waals surface area contributed by atoms with Crippen LogP contribution in [-0.4, -0.2) is 29.3 Å². The van der Waals surface area contributed by atoms with Gasteiger partial charge in [0.25, 0.3) is 0 Å². The summed E-state index contributed by atoms with van der Waals surface area (Å²) < 4.78 is 1.94. The van der Waals surface area contributed by atoms with Crippen molar-refractivity contribution in [2.24, 2.45) is 12.0 Å². The van der Waals surface area contributed by atoms with Crippen LogP contribution in [0.2, 0.25) is 0 Å². The Labute approximate surface area is 138 Å². The summed E-state index contributed by atoms with van der Waals surface area (Å²) in [4.78, 5) is 4.28. The smallest absolute Gasteiger partial charge is 0.191 e. The molecule has 0 radical (unpaired) electrons. The van der Waals surface area contributed by atoms with Crippen LogP contribution in [0, 0.1) is 20.8 Å². The van der Waals surface area contributed by atoms with Crippen LogP contribution in [0.15, 0.2) is 29.3 Å². The second kappa shape index (κ2) is 7.81. The monoisotopic (exact) mass is 313 g/mol. The maximum absolute atomic E-state index is 4.45. The van der Waals surface area contributed by atoms with Crippen molar-refractivity contribution in [3.63, 3.8) is 0 Å². The normalized spacial score (nSPS) is 11.6. The highest BCUT2D eigenvalue weighted by Crippen LogP contribution is 2.11. The van der Waals surface area contributed by atoms with Crippen molar-refractivity contribution in [1.29, 1.82) is 0 Å². The number of aromatic nitrogens is 2. The van der Waals surface area contributed by atoms with E-state index in [0.29, 0.717) is 0 Å². The highest BCUT2D eigenvalue weighted by molar-refractivity contribution is 5.79. The topological polar surface area (TPSA) is 54.2 Å². The summed E-state index contributed by atoms with van der Waals surface area (Å²) in [6.07, 6.45) is 0.941. The molecule has 0 saturated heterocycles. The summed E-state index contributed by atoms with van der Waals surface area (Å²) in [5.74, 6) is 0.824. The van der Waals surface area contributed by atoms with E-state index in [1.807, 2.05) is 11.7 Å². The van der Waals surface area contributed by atoms with E-state index in [4.69, 9.17) is 0 Å². The molecule has 0 unspecified atom stereocenters. The van der Waals surface area contributed by atoms with Gasteiger partial charge in [-0.2, -0.15) is 5.10 Å². The van der Waals surface area contributed by atoms with Gasteiger partial charge >= 0.3 is 0 Å². The Hall–Kier alpha value is -2.30. The fourth-order valence-corrected chi connectivity index (χ4v) is 2.60. The lowest BCUT2D eigenvalue weighted by Crippen LogP contribution is -2.37. The van der Waals surface area contributed by atoms with E-state index in [1.165, 1.54) is 22.4 Å². The van der Waals surface area contributed by atoms with Crippen molar-refractivity contribution in [1.82, 2.24) is 20.4 Å².